The van der Waals surface area contributed by atoms with Crippen LogP contribution in [0.2, 0.25) is 5.02 Å². The molecule has 0 N–H and O–H groups in total. The highest BCUT2D eigenvalue weighted by molar-refractivity contribution is 6.30. The van der Waals surface area contributed by atoms with Crippen molar-refractivity contribution >= 4 is 35.5 Å². The molecule has 3 aromatic carbocycles. The SMILES string of the molecule is O=C1OC(c2ccc(Cl)cc2)=N/C1=C/c1cccc(OC(=O)c2ccccc2F)c1. The lowest BCUT2D eigenvalue weighted by Gasteiger charge is -2.06. The Morgan fingerprint density at radius 2 is 1.80 bits per heavy atom. The Bertz CT molecular complexity index is 1200. The minimum absolute atomic E-state index is 0.0949. The van der Waals surface area contributed by atoms with Gasteiger partial charge in [-0.25, -0.2) is 19.0 Å². The van der Waals surface area contributed by atoms with Crippen LogP contribution in [0.1, 0.15) is 21.5 Å². The van der Waals surface area contributed by atoms with Gasteiger partial charge < -0.3 is 9.47 Å². The molecule has 0 aromatic heterocycles. The van der Waals surface area contributed by atoms with E-state index in [0.717, 1.165) is 0 Å². The maximum atomic E-state index is 13.8. The molecule has 1 aliphatic heterocycles. The molecule has 7 heteroatoms. The smallest absolute Gasteiger partial charge is 0.363 e. The maximum absolute atomic E-state index is 13.8. The van der Waals surface area contributed by atoms with Crippen LogP contribution in [0.5, 0.6) is 5.75 Å². The summed E-state index contributed by atoms with van der Waals surface area (Å²) in [6.45, 7) is 0. The zero-order chi connectivity index (χ0) is 21.1. The van der Waals surface area contributed by atoms with Crippen molar-refractivity contribution in [2.75, 3.05) is 0 Å². The van der Waals surface area contributed by atoms with Gasteiger partial charge in [0.05, 0.1) is 5.56 Å². The molecule has 30 heavy (non-hydrogen) atoms. The fraction of sp³-hybridized carbons (Fsp3) is 0. The third-order valence-corrected chi connectivity index (χ3v) is 4.43. The van der Waals surface area contributed by atoms with Crippen molar-refractivity contribution in [2.24, 2.45) is 4.99 Å². The first kappa shape index (κ1) is 19.5. The van der Waals surface area contributed by atoms with Crippen LogP contribution in [0.4, 0.5) is 4.39 Å². The van der Waals surface area contributed by atoms with E-state index in [4.69, 9.17) is 21.1 Å². The summed E-state index contributed by atoms with van der Waals surface area (Å²) in [4.78, 5) is 28.6. The summed E-state index contributed by atoms with van der Waals surface area (Å²) >= 11 is 5.87. The molecule has 0 atom stereocenters. The van der Waals surface area contributed by atoms with Gasteiger partial charge in [0.25, 0.3) is 0 Å². The second-order valence-corrected chi connectivity index (χ2v) is 6.72. The van der Waals surface area contributed by atoms with Crippen LogP contribution < -0.4 is 4.74 Å². The van der Waals surface area contributed by atoms with Crippen LogP contribution in [0, 0.1) is 5.82 Å². The molecule has 4 rings (SSSR count). The Morgan fingerprint density at radius 3 is 2.57 bits per heavy atom. The second kappa shape index (κ2) is 8.31. The molecular formula is C23H13ClFNO4. The van der Waals surface area contributed by atoms with E-state index in [1.165, 1.54) is 30.3 Å². The first-order valence-electron chi connectivity index (χ1n) is 8.85. The predicted molar refractivity (Wildman–Crippen MR) is 110 cm³/mol. The van der Waals surface area contributed by atoms with Crippen molar-refractivity contribution < 1.29 is 23.5 Å². The lowest BCUT2D eigenvalue weighted by atomic mass is 10.2. The molecular weight excluding hydrogens is 409 g/mol. The van der Waals surface area contributed by atoms with Crippen molar-refractivity contribution in [2.45, 2.75) is 0 Å². The van der Waals surface area contributed by atoms with Gasteiger partial charge in [0.1, 0.15) is 11.6 Å². The zero-order valence-electron chi connectivity index (χ0n) is 15.3. The normalized spacial score (nSPS) is 14.4. The van der Waals surface area contributed by atoms with Gasteiger partial charge in [0.2, 0.25) is 5.90 Å². The van der Waals surface area contributed by atoms with Crippen LogP contribution in [-0.4, -0.2) is 17.8 Å². The molecule has 0 amide bonds. The molecule has 0 saturated carbocycles. The number of ether oxygens (including phenoxy) is 2. The number of esters is 2. The number of hydrogen-bond acceptors (Lipinski definition) is 5. The molecule has 0 fully saturated rings. The quantitative estimate of drug-likeness (QED) is 0.336. The molecule has 1 aliphatic rings. The molecule has 5 nitrogen and oxygen atoms in total. The van der Waals surface area contributed by atoms with E-state index in [2.05, 4.69) is 4.99 Å². The number of carbonyl (C=O) groups is 2. The van der Waals surface area contributed by atoms with Crippen molar-refractivity contribution in [1.82, 2.24) is 0 Å². The van der Waals surface area contributed by atoms with E-state index >= 15 is 0 Å². The third-order valence-electron chi connectivity index (χ3n) is 4.18. The lowest BCUT2D eigenvalue weighted by Crippen LogP contribution is -2.10. The number of nitrogens with zero attached hydrogens (tertiary/aromatic N) is 1. The third kappa shape index (κ3) is 4.29. The number of halogens is 2. The Morgan fingerprint density at radius 1 is 1.03 bits per heavy atom. The predicted octanol–water partition coefficient (Wildman–Crippen LogP) is 5.04. The van der Waals surface area contributed by atoms with Crippen molar-refractivity contribution in [3.8, 4) is 5.75 Å². The number of carbonyl (C=O) groups excluding carboxylic acids is 2. The largest absolute Gasteiger partial charge is 0.423 e. The summed E-state index contributed by atoms with van der Waals surface area (Å²) in [7, 11) is 0. The number of cyclic esters (lactones) is 1. The molecule has 0 bridgehead atoms. The monoisotopic (exact) mass is 421 g/mol. The summed E-state index contributed by atoms with van der Waals surface area (Å²) in [5.41, 5.74) is 1.10. The van der Waals surface area contributed by atoms with Crippen LogP contribution in [0.25, 0.3) is 6.08 Å². The minimum Gasteiger partial charge on any atom is -0.423 e. The number of hydrogen-bond donors (Lipinski definition) is 0. The summed E-state index contributed by atoms with van der Waals surface area (Å²) in [5, 5.41) is 0.557. The molecule has 3 aromatic rings. The van der Waals surface area contributed by atoms with Gasteiger partial charge in [-0.1, -0.05) is 35.9 Å². The molecule has 0 unspecified atom stereocenters. The Hall–Kier alpha value is -3.77. The number of aliphatic imine (C=N–C) groups is 1. The van der Waals surface area contributed by atoms with Gasteiger partial charge in [-0.05, 0) is 60.2 Å². The van der Waals surface area contributed by atoms with Gasteiger partial charge in [-0.3, -0.25) is 0 Å². The summed E-state index contributed by atoms with van der Waals surface area (Å²) in [5.74, 6) is -1.72. The van der Waals surface area contributed by atoms with Crippen LogP contribution >= 0.6 is 11.6 Å². The molecule has 148 valence electrons. The van der Waals surface area contributed by atoms with E-state index in [1.54, 1.807) is 48.5 Å². The van der Waals surface area contributed by atoms with Crippen LogP contribution in [0.15, 0.2) is 83.5 Å². The summed E-state index contributed by atoms with van der Waals surface area (Å²) in [6, 6.07) is 18.7. The van der Waals surface area contributed by atoms with Crippen molar-refractivity contribution in [1.29, 1.82) is 0 Å². The van der Waals surface area contributed by atoms with E-state index in [1.807, 2.05) is 0 Å². The van der Waals surface area contributed by atoms with Gasteiger partial charge in [-0.2, -0.15) is 0 Å². The molecule has 0 radical (unpaired) electrons. The summed E-state index contributed by atoms with van der Waals surface area (Å²) in [6.07, 6.45) is 1.51. The standard InChI is InChI=1S/C23H13ClFNO4/c24-16-10-8-15(9-11-16)21-26-20(23(28)30-21)13-14-4-3-5-17(12-14)29-22(27)18-6-1-2-7-19(18)25/h1-13H/b20-13+. The van der Waals surface area contributed by atoms with E-state index in [-0.39, 0.29) is 22.9 Å². The van der Waals surface area contributed by atoms with E-state index in [9.17, 15) is 14.0 Å². The van der Waals surface area contributed by atoms with E-state index < -0.39 is 17.8 Å². The highest BCUT2D eigenvalue weighted by Crippen LogP contribution is 2.23. The Kier molecular flexibility index (Phi) is 5.41. The van der Waals surface area contributed by atoms with Gasteiger partial charge in [-0.15, -0.1) is 0 Å². The fourth-order valence-electron chi connectivity index (χ4n) is 2.74. The number of rotatable bonds is 4. The average Bonchev–Trinajstić information content (AvgIpc) is 3.09. The Labute approximate surface area is 176 Å². The van der Waals surface area contributed by atoms with Crippen molar-refractivity contribution in [3.05, 3.63) is 106 Å². The highest BCUT2D eigenvalue weighted by Gasteiger charge is 2.24. The fourth-order valence-corrected chi connectivity index (χ4v) is 2.87. The maximum Gasteiger partial charge on any atom is 0.363 e. The van der Waals surface area contributed by atoms with Crippen molar-refractivity contribution in [3.63, 3.8) is 0 Å². The van der Waals surface area contributed by atoms with Gasteiger partial charge in [0.15, 0.2) is 5.70 Å². The lowest BCUT2D eigenvalue weighted by molar-refractivity contribution is -0.129. The van der Waals surface area contributed by atoms with E-state index in [0.29, 0.717) is 16.1 Å². The average molecular weight is 422 g/mol. The first-order chi connectivity index (χ1) is 14.5. The zero-order valence-corrected chi connectivity index (χ0v) is 16.1. The second-order valence-electron chi connectivity index (χ2n) is 6.28. The van der Waals surface area contributed by atoms with Crippen LogP contribution in [0.3, 0.4) is 0 Å². The molecule has 1 heterocycles. The number of benzene rings is 3. The minimum atomic E-state index is -0.818. The topological polar surface area (TPSA) is 65.0 Å². The molecule has 0 aliphatic carbocycles. The molecule has 0 spiro atoms. The highest BCUT2D eigenvalue weighted by atomic mass is 35.5. The van der Waals surface area contributed by atoms with Gasteiger partial charge in [0, 0.05) is 10.6 Å². The summed E-state index contributed by atoms with van der Waals surface area (Å²) < 4.78 is 24.2. The van der Waals surface area contributed by atoms with Gasteiger partial charge >= 0.3 is 11.9 Å². The molecule has 0 saturated heterocycles. The first-order valence-corrected chi connectivity index (χ1v) is 9.23. The Balaban J connectivity index is 1.56. The van der Waals surface area contributed by atoms with Crippen LogP contribution in [-0.2, 0) is 9.53 Å².